The zero-order chi connectivity index (χ0) is 16.7. The van der Waals surface area contributed by atoms with Gasteiger partial charge in [0.1, 0.15) is 16.2 Å². The Morgan fingerprint density at radius 1 is 1.04 bits per heavy atom. The maximum absolute atomic E-state index is 12.6. The van der Waals surface area contributed by atoms with Gasteiger partial charge in [-0.1, -0.05) is 24.3 Å². The third kappa shape index (κ3) is 2.99. The summed E-state index contributed by atoms with van der Waals surface area (Å²) in [5, 5.41) is 0. The molecule has 0 radical (unpaired) electrons. The summed E-state index contributed by atoms with van der Waals surface area (Å²) in [7, 11) is -2.60. The van der Waals surface area contributed by atoms with Gasteiger partial charge in [-0.15, -0.1) is 0 Å². The molecule has 1 aliphatic heterocycles. The van der Waals surface area contributed by atoms with Crippen LogP contribution in [0, 0.1) is 0 Å². The molecule has 0 bridgehead atoms. The van der Waals surface area contributed by atoms with Crippen molar-refractivity contribution in [1.29, 1.82) is 0 Å². The van der Waals surface area contributed by atoms with Crippen LogP contribution in [0.2, 0.25) is 0 Å². The number of rotatable bonds is 4. The summed E-state index contributed by atoms with van der Waals surface area (Å²) < 4.78 is 41.5. The van der Waals surface area contributed by atoms with Crippen molar-refractivity contribution in [2.75, 3.05) is 7.11 Å². The summed E-state index contributed by atoms with van der Waals surface area (Å²) in [5.41, 5.74) is 0.554. The minimum atomic E-state index is -4.02. The first-order valence-electron chi connectivity index (χ1n) is 7.21. The number of hydrogen-bond acceptors (Lipinski definition) is 5. The van der Waals surface area contributed by atoms with Crippen molar-refractivity contribution in [3.63, 3.8) is 0 Å². The fourth-order valence-corrected chi connectivity index (χ4v) is 3.74. The smallest absolute Gasteiger partial charge is 0.343 e. The van der Waals surface area contributed by atoms with Crippen molar-refractivity contribution in [2.24, 2.45) is 0 Å². The molecule has 2 aromatic carbocycles. The highest BCUT2D eigenvalue weighted by atomic mass is 32.2. The maximum Gasteiger partial charge on any atom is 0.343 e. The lowest BCUT2D eigenvalue weighted by Crippen LogP contribution is -2.24. The van der Waals surface area contributed by atoms with Gasteiger partial charge in [-0.25, -0.2) is 0 Å². The van der Waals surface area contributed by atoms with Gasteiger partial charge in [0.05, 0.1) is 7.11 Å². The molecule has 0 atom stereocenters. The van der Waals surface area contributed by atoms with Crippen molar-refractivity contribution in [3.05, 3.63) is 48.0 Å². The van der Waals surface area contributed by atoms with E-state index in [0.29, 0.717) is 12.2 Å². The van der Waals surface area contributed by atoms with Gasteiger partial charge in [-0.2, -0.15) is 8.42 Å². The Bertz CT molecular complexity index is 840. The Kier molecular flexibility index (Phi) is 3.72. The molecule has 0 spiro atoms. The van der Waals surface area contributed by atoms with Crippen LogP contribution in [-0.2, 0) is 16.5 Å². The molecule has 3 rings (SSSR count). The van der Waals surface area contributed by atoms with E-state index in [1.807, 2.05) is 19.9 Å². The molecular weight excluding hydrogens is 316 g/mol. The summed E-state index contributed by atoms with van der Waals surface area (Å²) in [6.07, 6.45) is 0.703. The van der Waals surface area contributed by atoms with Gasteiger partial charge in [0.2, 0.25) is 0 Å². The number of fused-ring (bicyclic) bond motifs is 1. The zero-order valence-corrected chi connectivity index (χ0v) is 14.0. The summed E-state index contributed by atoms with van der Waals surface area (Å²) in [4.78, 5) is -0.0163. The van der Waals surface area contributed by atoms with Gasteiger partial charge < -0.3 is 13.7 Å². The van der Waals surface area contributed by atoms with E-state index in [1.54, 1.807) is 30.3 Å². The largest absolute Gasteiger partial charge is 0.495 e. The molecule has 0 aromatic heterocycles. The lowest BCUT2D eigenvalue weighted by Gasteiger charge is -2.18. The first-order chi connectivity index (χ1) is 10.8. The molecule has 0 fully saturated rings. The van der Waals surface area contributed by atoms with E-state index in [0.717, 1.165) is 5.56 Å². The average molecular weight is 334 g/mol. The van der Waals surface area contributed by atoms with E-state index < -0.39 is 10.1 Å². The summed E-state index contributed by atoms with van der Waals surface area (Å²) >= 11 is 0. The van der Waals surface area contributed by atoms with E-state index in [4.69, 9.17) is 13.7 Å². The van der Waals surface area contributed by atoms with E-state index in [-0.39, 0.29) is 22.0 Å². The van der Waals surface area contributed by atoms with Crippen LogP contribution in [-0.4, -0.2) is 21.1 Å². The number of para-hydroxylation sites is 2. The molecular formula is C17H18O5S. The van der Waals surface area contributed by atoms with Crippen LogP contribution in [0.15, 0.2) is 47.4 Å². The van der Waals surface area contributed by atoms with Gasteiger partial charge in [0.15, 0.2) is 11.5 Å². The molecule has 0 N–H and O–H groups in total. The first kappa shape index (κ1) is 15.7. The van der Waals surface area contributed by atoms with Gasteiger partial charge in [0, 0.05) is 12.0 Å². The Balaban J connectivity index is 1.99. The number of hydrogen-bond donors (Lipinski definition) is 0. The summed E-state index contributed by atoms with van der Waals surface area (Å²) in [6.45, 7) is 3.90. The highest BCUT2D eigenvalue weighted by molar-refractivity contribution is 7.87. The molecule has 2 aromatic rings. The molecule has 0 saturated carbocycles. The van der Waals surface area contributed by atoms with Crippen molar-refractivity contribution in [3.8, 4) is 17.2 Å². The first-order valence-corrected chi connectivity index (χ1v) is 8.62. The van der Waals surface area contributed by atoms with Crippen molar-refractivity contribution < 1.29 is 22.1 Å². The zero-order valence-electron chi connectivity index (χ0n) is 13.2. The van der Waals surface area contributed by atoms with Crippen LogP contribution in [0.4, 0.5) is 0 Å². The lowest BCUT2D eigenvalue weighted by atomic mass is 10.0. The minimum Gasteiger partial charge on any atom is -0.495 e. The molecule has 1 aliphatic rings. The van der Waals surface area contributed by atoms with E-state index in [1.165, 1.54) is 13.2 Å². The monoisotopic (exact) mass is 334 g/mol. The van der Waals surface area contributed by atoms with Crippen LogP contribution in [0.3, 0.4) is 0 Å². The average Bonchev–Trinajstić information content (AvgIpc) is 2.82. The Morgan fingerprint density at radius 2 is 1.74 bits per heavy atom. The Labute approximate surface area is 135 Å². The van der Waals surface area contributed by atoms with Crippen LogP contribution in [0.1, 0.15) is 19.4 Å². The van der Waals surface area contributed by atoms with Gasteiger partial charge >= 0.3 is 10.1 Å². The van der Waals surface area contributed by atoms with Crippen LogP contribution >= 0.6 is 0 Å². The van der Waals surface area contributed by atoms with Crippen LogP contribution in [0.5, 0.6) is 17.2 Å². The molecule has 23 heavy (non-hydrogen) atoms. The normalized spacial score (nSPS) is 15.6. The molecule has 0 amide bonds. The van der Waals surface area contributed by atoms with Crippen LogP contribution < -0.4 is 13.7 Å². The van der Waals surface area contributed by atoms with Crippen molar-refractivity contribution in [1.82, 2.24) is 0 Å². The Hall–Kier alpha value is -2.21. The van der Waals surface area contributed by atoms with Crippen molar-refractivity contribution in [2.45, 2.75) is 30.8 Å². The molecule has 5 nitrogen and oxygen atoms in total. The molecule has 0 unspecified atom stereocenters. The summed E-state index contributed by atoms with van der Waals surface area (Å²) in [6, 6.07) is 11.6. The number of methoxy groups -OCH3 is 1. The van der Waals surface area contributed by atoms with E-state index >= 15 is 0 Å². The minimum absolute atomic E-state index is 0.0163. The van der Waals surface area contributed by atoms with E-state index in [2.05, 4.69) is 0 Å². The lowest BCUT2D eigenvalue weighted by molar-refractivity contribution is 0.136. The molecule has 1 heterocycles. The third-order valence-corrected chi connectivity index (χ3v) is 4.87. The highest BCUT2D eigenvalue weighted by Crippen LogP contribution is 2.43. The number of ether oxygens (including phenoxy) is 2. The predicted molar refractivity (Wildman–Crippen MR) is 85.7 cm³/mol. The number of benzene rings is 2. The van der Waals surface area contributed by atoms with E-state index in [9.17, 15) is 8.42 Å². The van der Waals surface area contributed by atoms with Gasteiger partial charge in [-0.3, -0.25) is 0 Å². The predicted octanol–water partition coefficient (Wildman–Crippen LogP) is 3.18. The summed E-state index contributed by atoms with van der Waals surface area (Å²) in [5.74, 6) is 0.913. The SMILES string of the molecule is COc1ccccc1S(=O)(=O)Oc1cccc2c1OC(C)(C)C2. The van der Waals surface area contributed by atoms with Crippen molar-refractivity contribution >= 4 is 10.1 Å². The second kappa shape index (κ2) is 5.45. The third-order valence-electron chi connectivity index (χ3n) is 3.59. The molecule has 122 valence electrons. The molecule has 0 saturated heterocycles. The molecule has 6 heteroatoms. The maximum atomic E-state index is 12.6. The molecule has 0 aliphatic carbocycles. The second-order valence-corrected chi connectivity index (χ2v) is 7.49. The van der Waals surface area contributed by atoms with Gasteiger partial charge in [-0.05, 0) is 32.0 Å². The van der Waals surface area contributed by atoms with Crippen LogP contribution in [0.25, 0.3) is 0 Å². The highest BCUT2D eigenvalue weighted by Gasteiger charge is 2.34. The van der Waals surface area contributed by atoms with Gasteiger partial charge in [0.25, 0.3) is 0 Å². The fraction of sp³-hybridized carbons (Fsp3) is 0.294. The topological polar surface area (TPSA) is 61.8 Å². The quantitative estimate of drug-likeness (QED) is 0.804. The fourth-order valence-electron chi connectivity index (χ4n) is 2.64. The second-order valence-electron chi connectivity index (χ2n) is 5.97. The standard InChI is InChI=1S/C17H18O5S/c1-17(2)11-12-7-6-9-14(16(12)21-17)22-23(18,19)15-10-5-4-8-13(15)20-3/h4-10H,11H2,1-3H3. The Morgan fingerprint density at radius 3 is 2.48 bits per heavy atom.